The minimum absolute atomic E-state index is 0.0224. The number of carbonyl (C=O) groups excluding carboxylic acids is 2. The molecule has 2 saturated carbocycles. The highest BCUT2D eigenvalue weighted by Gasteiger charge is 2.64. The molecular weight excluding hydrogens is 659 g/mol. The molecule has 0 saturated heterocycles. The largest absolute Gasteiger partial charge is 0.475 e. The Morgan fingerprint density at radius 2 is 1.71 bits per heavy atom. The van der Waals surface area contributed by atoms with E-state index in [1.165, 1.54) is 35.2 Å². The van der Waals surface area contributed by atoms with Gasteiger partial charge in [0.2, 0.25) is 17.7 Å². The van der Waals surface area contributed by atoms with E-state index < -0.39 is 39.6 Å². The van der Waals surface area contributed by atoms with E-state index in [1.807, 2.05) is 32.0 Å². The molecular formula is C35H40F3N5O5S. The van der Waals surface area contributed by atoms with Gasteiger partial charge in [-0.2, -0.15) is 18.2 Å². The van der Waals surface area contributed by atoms with E-state index in [4.69, 9.17) is 4.74 Å². The zero-order valence-electron chi connectivity index (χ0n) is 27.6. The van der Waals surface area contributed by atoms with Crippen molar-refractivity contribution in [3.63, 3.8) is 0 Å². The number of aromatic nitrogens is 2. The minimum atomic E-state index is -4.49. The number of sulfonamides is 1. The average Bonchev–Trinajstić information content (AvgIpc) is 3.85. The maximum atomic E-state index is 14.5. The number of hydrogen-bond donors (Lipinski definition) is 2. The summed E-state index contributed by atoms with van der Waals surface area (Å²) in [6.45, 7) is 5.21. The highest BCUT2D eigenvalue weighted by atomic mass is 32.2. The van der Waals surface area contributed by atoms with Crippen molar-refractivity contribution in [1.82, 2.24) is 20.2 Å². The first-order valence-corrected chi connectivity index (χ1v) is 18.1. The second-order valence-corrected chi connectivity index (χ2v) is 15.1. The molecule has 2 fully saturated rings. The lowest BCUT2D eigenvalue weighted by Gasteiger charge is -2.43. The summed E-state index contributed by atoms with van der Waals surface area (Å²) in [5.41, 5.74) is 0.890. The molecule has 0 radical (unpaired) electrons. The third kappa shape index (κ3) is 7.24. The van der Waals surface area contributed by atoms with Crippen LogP contribution in [0.2, 0.25) is 0 Å². The van der Waals surface area contributed by atoms with E-state index in [0.717, 1.165) is 16.7 Å². The molecule has 10 nitrogen and oxygen atoms in total. The minimum Gasteiger partial charge on any atom is -0.475 e. The Morgan fingerprint density at radius 3 is 2.35 bits per heavy atom. The van der Waals surface area contributed by atoms with Gasteiger partial charge in [-0.25, -0.2) is 18.1 Å². The Labute approximate surface area is 283 Å². The summed E-state index contributed by atoms with van der Waals surface area (Å²) >= 11 is 0. The zero-order chi connectivity index (χ0) is 35.1. The number of rotatable bonds is 6. The summed E-state index contributed by atoms with van der Waals surface area (Å²) in [7, 11) is -4.31. The first-order chi connectivity index (χ1) is 23.2. The molecule has 0 unspecified atom stereocenters. The van der Waals surface area contributed by atoms with Gasteiger partial charge in [0.25, 0.3) is 15.9 Å². The average molecular weight is 700 g/mol. The molecule has 1 aromatic heterocycles. The normalized spacial score (nSPS) is 23.2. The van der Waals surface area contributed by atoms with Gasteiger partial charge in [0, 0.05) is 35.7 Å². The smallest absolute Gasteiger partial charge is 0.394 e. The predicted octanol–water partition coefficient (Wildman–Crippen LogP) is 6.33. The van der Waals surface area contributed by atoms with Crippen LogP contribution >= 0.6 is 0 Å². The summed E-state index contributed by atoms with van der Waals surface area (Å²) in [5, 5.41) is 2.99. The van der Waals surface area contributed by atoms with Crippen LogP contribution in [-0.2, 0) is 14.8 Å². The van der Waals surface area contributed by atoms with Crippen LogP contribution in [0.3, 0.4) is 0 Å². The van der Waals surface area contributed by atoms with Gasteiger partial charge in [-0.3, -0.25) is 9.59 Å². The van der Waals surface area contributed by atoms with E-state index in [1.54, 1.807) is 6.92 Å². The van der Waals surface area contributed by atoms with E-state index in [-0.39, 0.29) is 60.1 Å². The Bertz CT molecular complexity index is 1840. The van der Waals surface area contributed by atoms with Crippen molar-refractivity contribution in [2.45, 2.75) is 101 Å². The molecule has 49 heavy (non-hydrogen) atoms. The van der Waals surface area contributed by atoms with Crippen LogP contribution in [0.15, 0.2) is 53.4 Å². The third-order valence-electron chi connectivity index (χ3n) is 9.97. The third-order valence-corrected chi connectivity index (χ3v) is 11.3. The molecule has 4 bridgehead atoms. The van der Waals surface area contributed by atoms with Crippen molar-refractivity contribution < 1.29 is 35.9 Å². The second-order valence-electron chi connectivity index (χ2n) is 13.4. The predicted molar refractivity (Wildman–Crippen MR) is 176 cm³/mol. The van der Waals surface area contributed by atoms with Crippen molar-refractivity contribution in [2.24, 2.45) is 5.41 Å². The number of carbonyl (C=O) groups is 2. The Balaban J connectivity index is 1.46. The van der Waals surface area contributed by atoms with Gasteiger partial charge in [-0.05, 0) is 88.1 Å². The summed E-state index contributed by atoms with van der Waals surface area (Å²) in [6.07, 6.45) is -2.72. The van der Waals surface area contributed by atoms with Crippen molar-refractivity contribution >= 4 is 27.8 Å². The van der Waals surface area contributed by atoms with Crippen LogP contribution in [0.5, 0.6) is 5.88 Å². The van der Waals surface area contributed by atoms with Crippen LogP contribution in [-0.4, -0.2) is 66.0 Å². The molecule has 3 aromatic rings. The molecule has 2 amide bonds. The van der Waals surface area contributed by atoms with Crippen LogP contribution in [0, 0.1) is 19.3 Å². The van der Waals surface area contributed by atoms with Crippen LogP contribution in [0.4, 0.5) is 19.1 Å². The number of halogens is 3. The number of nitrogens with one attached hydrogen (secondary N) is 2. The molecule has 1 atom stereocenters. The van der Waals surface area contributed by atoms with Crippen LogP contribution in [0.1, 0.15) is 79.8 Å². The number of hydrogen-bond acceptors (Lipinski definition) is 7. The van der Waals surface area contributed by atoms with E-state index >= 15 is 0 Å². The molecule has 3 aliphatic rings. The molecule has 2 aromatic carbocycles. The summed E-state index contributed by atoms with van der Waals surface area (Å²) < 4.78 is 79.4. The highest BCUT2D eigenvalue weighted by Crippen LogP contribution is 2.61. The van der Waals surface area contributed by atoms with Gasteiger partial charge >= 0.3 is 6.18 Å². The number of benzene rings is 2. The molecule has 1 aliphatic heterocycles. The fraction of sp³-hybridized carbons (Fsp3) is 0.486. The van der Waals surface area contributed by atoms with E-state index in [2.05, 4.69) is 20.0 Å². The SMILES string of the molecule is CCC(=O)N[C@H]1CC[C@H](N2C(=O)c3cccc(c3)S(=O)(=O)Nc3nc(cc(-c4c(C)cccc4C)n3)OC[C@H]2CC2(C(F)(F)F)CC2)CC1. The number of fused-ring (bicyclic) bond motifs is 4. The molecule has 6 rings (SSSR count). The summed E-state index contributed by atoms with van der Waals surface area (Å²) in [6, 6.07) is 11.0. The molecule has 2 N–H and O–H groups in total. The first kappa shape index (κ1) is 34.7. The number of aryl methyl sites for hydroxylation is 2. The highest BCUT2D eigenvalue weighted by molar-refractivity contribution is 7.92. The van der Waals surface area contributed by atoms with Gasteiger partial charge in [0.1, 0.15) is 6.61 Å². The topological polar surface area (TPSA) is 131 Å². The fourth-order valence-electron chi connectivity index (χ4n) is 7.10. The van der Waals surface area contributed by atoms with Crippen molar-refractivity contribution in [3.05, 3.63) is 65.2 Å². The lowest BCUT2D eigenvalue weighted by Crippen LogP contribution is -2.53. The zero-order valence-corrected chi connectivity index (χ0v) is 28.5. The maximum absolute atomic E-state index is 14.5. The number of ether oxygens (including phenoxy) is 1. The lowest BCUT2D eigenvalue weighted by molar-refractivity contribution is -0.193. The molecule has 14 heteroatoms. The van der Waals surface area contributed by atoms with Crippen LogP contribution in [0.25, 0.3) is 11.3 Å². The Kier molecular flexibility index (Phi) is 9.38. The van der Waals surface area contributed by atoms with Crippen molar-refractivity contribution in [2.75, 3.05) is 11.3 Å². The lowest BCUT2D eigenvalue weighted by atomic mass is 9.87. The van der Waals surface area contributed by atoms with E-state index in [0.29, 0.717) is 37.8 Å². The van der Waals surface area contributed by atoms with Gasteiger partial charge in [0.15, 0.2) is 0 Å². The molecule has 2 aliphatic carbocycles. The number of nitrogens with zero attached hydrogens (tertiary/aromatic N) is 3. The van der Waals surface area contributed by atoms with Gasteiger partial charge < -0.3 is 15.0 Å². The maximum Gasteiger partial charge on any atom is 0.394 e. The summed E-state index contributed by atoms with van der Waals surface area (Å²) in [4.78, 5) is 36.6. The standard InChI is InChI=1S/C35H40F3N5O5S/c1-4-29(44)39-24-11-13-25(14-12-24)43-26(19-34(15-16-34)35(36,37)38)20-48-30-18-28(31-21(2)7-5-8-22(31)3)40-33(41-30)42-49(46,47)27-10-6-9-23(17-27)32(43)45/h5-10,17-18,24-26H,4,11-16,19-20H2,1-3H3,(H,39,44)(H,40,41,42)/t24-,25-,26-/m1/s1. The van der Waals surface area contributed by atoms with Crippen molar-refractivity contribution in [3.8, 4) is 17.1 Å². The molecule has 0 spiro atoms. The Morgan fingerprint density at radius 1 is 1.04 bits per heavy atom. The van der Waals surface area contributed by atoms with Gasteiger partial charge in [-0.15, -0.1) is 0 Å². The van der Waals surface area contributed by atoms with Gasteiger partial charge in [0.05, 0.1) is 22.0 Å². The Hall–Kier alpha value is -4.20. The molecule has 262 valence electrons. The second kappa shape index (κ2) is 13.3. The number of alkyl halides is 3. The quantitative estimate of drug-likeness (QED) is 0.307. The fourth-order valence-corrected chi connectivity index (χ4v) is 8.09. The number of amides is 2. The summed E-state index contributed by atoms with van der Waals surface area (Å²) in [5.74, 6) is -0.999. The van der Waals surface area contributed by atoms with Gasteiger partial charge in [-0.1, -0.05) is 31.2 Å². The van der Waals surface area contributed by atoms with Crippen LogP contribution < -0.4 is 14.8 Å². The first-order valence-electron chi connectivity index (χ1n) is 16.6. The monoisotopic (exact) mass is 699 g/mol. The number of anilines is 1. The van der Waals surface area contributed by atoms with Crippen molar-refractivity contribution in [1.29, 1.82) is 0 Å². The molecule has 2 heterocycles. The van der Waals surface area contributed by atoms with E-state index in [9.17, 15) is 31.2 Å².